The van der Waals surface area contributed by atoms with E-state index in [0.717, 1.165) is 12.1 Å². The van der Waals surface area contributed by atoms with Gasteiger partial charge >= 0.3 is 6.18 Å². The zero-order valence-electron chi connectivity index (χ0n) is 17.0. The molecule has 1 heterocycles. The molecule has 10 heteroatoms. The van der Waals surface area contributed by atoms with Gasteiger partial charge in [-0.2, -0.15) is 18.3 Å². The van der Waals surface area contributed by atoms with Gasteiger partial charge in [-0.05, 0) is 49.3 Å². The predicted octanol–water partition coefficient (Wildman–Crippen LogP) is 2.37. The number of nitrogens with zero attached hydrogens (tertiary/aromatic N) is 2. The number of nitrogens with one attached hydrogen (secondary N) is 2. The summed E-state index contributed by atoms with van der Waals surface area (Å²) in [5.41, 5.74) is -0.403. The molecule has 3 unspecified atom stereocenters. The molecule has 0 radical (unpaired) electrons. The van der Waals surface area contributed by atoms with Crippen LogP contribution in [0.25, 0.3) is 0 Å². The molecule has 0 spiro atoms. The van der Waals surface area contributed by atoms with Gasteiger partial charge in [0.05, 0.1) is 17.7 Å². The number of carbonyl (C=O) groups excluding carboxylic acids is 2. The Morgan fingerprint density at radius 2 is 1.87 bits per heavy atom. The quantitative estimate of drug-likeness (QED) is 0.671. The maximum atomic E-state index is 13.1. The number of hydrogen-bond donors (Lipinski definition) is 3. The summed E-state index contributed by atoms with van der Waals surface area (Å²) in [6.45, 7) is 1.62. The fourth-order valence-corrected chi connectivity index (χ4v) is 4.47. The van der Waals surface area contributed by atoms with E-state index >= 15 is 0 Å². The molecule has 0 saturated heterocycles. The lowest BCUT2D eigenvalue weighted by Gasteiger charge is -2.18. The summed E-state index contributed by atoms with van der Waals surface area (Å²) in [4.78, 5) is 25.0. The van der Waals surface area contributed by atoms with Crippen LogP contribution in [0.5, 0.6) is 0 Å². The van der Waals surface area contributed by atoms with E-state index in [4.69, 9.17) is 0 Å². The SMILES string of the molecule is CNC(=O)c1cc(C(=O)NC2C3CC(O)CC32)n(C(C)c2cccc(C(F)(F)F)c2)n1. The lowest BCUT2D eigenvalue weighted by molar-refractivity contribution is -0.137. The first-order valence-electron chi connectivity index (χ1n) is 10.1. The van der Waals surface area contributed by atoms with Crippen molar-refractivity contribution in [3.05, 3.63) is 52.8 Å². The van der Waals surface area contributed by atoms with Crippen LogP contribution in [0.3, 0.4) is 0 Å². The van der Waals surface area contributed by atoms with Crippen molar-refractivity contribution in [2.45, 2.75) is 44.1 Å². The van der Waals surface area contributed by atoms with Gasteiger partial charge in [0.15, 0.2) is 5.69 Å². The highest BCUT2D eigenvalue weighted by atomic mass is 19.4. The van der Waals surface area contributed by atoms with Crippen LogP contribution in [0.2, 0.25) is 0 Å². The third kappa shape index (κ3) is 4.04. The monoisotopic (exact) mass is 436 g/mol. The lowest BCUT2D eigenvalue weighted by Crippen LogP contribution is -2.32. The van der Waals surface area contributed by atoms with Crippen LogP contribution in [0.1, 0.15) is 57.9 Å². The standard InChI is InChI=1S/C21H23F3N4O3/c1-10(11-4-3-5-12(6-11)21(22,23)24)28-17(9-16(27-28)19(30)25-2)20(31)26-18-14-7-13(29)8-15(14)18/h3-6,9-10,13-15,18,29H,7-8H2,1-2H3,(H,25,30)(H,26,31). The second-order valence-corrected chi connectivity index (χ2v) is 8.19. The van der Waals surface area contributed by atoms with E-state index in [1.54, 1.807) is 6.92 Å². The number of aromatic nitrogens is 2. The zero-order chi connectivity index (χ0) is 22.5. The Bertz CT molecular complexity index is 1010. The molecular weight excluding hydrogens is 413 g/mol. The summed E-state index contributed by atoms with van der Waals surface area (Å²) >= 11 is 0. The highest BCUT2D eigenvalue weighted by molar-refractivity contribution is 5.98. The Hall–Kier alpha value is -2.88. The number of fused-ring (bicyclic) bond motifs is 1. The third-order valence-electron chi connectivity index (χ3n) is 6.21. The van der Waals surface area contributed by atoms with E-state index in [1.165, 1.54) is 29.9 Å². The van der Waals surface area contributed by atoms with Crippen LogP contribution in [0, 0.1) is 11.8 Å². The van der Waals surface area contributed by atoms with E-state index in [0.29, 0.717) is 18.4 Å². The maximum absolute atomic E-state index is 13.1. The van der Waals surface area contributed by atoms with Crippen LogP contribution in [0.15, 0.2) is 30.3 Å². The molecule has 1 aromatic carbocycles. The number of aliphatic hydroxyl groups excluding tert-OH is 1. The van der Waals surface area contributed by atoms with Gasteiger partial charge in [-0.1, -0.05) is 12.1 Å². The average molecular weight is 436 g/mol. The fourth-order valence-electron chi connectivity index (χ4n) is 4.47. The molecule has 2 aromatic rings. The molecule has 166 valence electrons. The van der Waals surface area contributed by atoms with Crippen LogP contribution in [0.4, 0.5) is 13.2 Å². The Morgan fingerprint density at radius 3 is 2.48 bits per heavy atom. The molecule has 2 fully saturated rings. The van der Waals surface area contributed by atoms with Crippen molar-refractivity contribution in [1.29, 1.82) is 0 Å². The van der Waals surface area contributed by atoms with Crippen molar-refractivity contribution in [1.82, 2.24) is 20.4 Å². The van der Waals surface area contributed by atoms with Crippen molar-refractivity contribution < 1.29 is 27.9 Å². The summed E-state index contributed by atoms with van der Waals surface area (Å²) in [5.74, 6) is -0.491. The van der Waals surface area contributed by atoms with E-state index in [-0.39, 0.29) is 35.4 Å². The average Bonchev–Trinajstić information content (AvgIpc) is 3.10. The van der Waals surface area contributed by atoms with Gasteiger partial charge < -0.3 is 15.7 Å². The maximum Gasteiger partial charge on any atom is 0.416 e. The molecule has 1 aromatic heterocycles. The molecular formula is C21H23F3N4O3. The van der Waals surface area contributed by atoms with Crippen molar-refractivity contribution in [3.8, 4) is 0 Å². The zero-order valence-corrected chi connectivity index (χ0v) is 17.0. The number of halogens is 3. The number of carbonyl (C=O) groups is 2. The topological polar surface area (TPSA) is 96.3 Å². The normalized spacial score (nSPS) is 25.6. The number of benzene rings is 1. The highest BCUT2D eigenvalue weighted by Crippen LogP contribution is 2.52. The van der Waals surface area contributed by atoms with Crippen LogP contribution in [-0.4, -0.2) is 45.9 Å². The van der Waals surface area contributed by atoms with Gasteiger partial charge in [-0.25, -0.2) is 0 Å². The summed E-state index contributed by atoms with van der Waals surface area (Å²) in [5, 5.41) is 19.2. The van der Waals surface area contributed by atoms with Crippen LogP contribution < -0.4 is 10.6 Å². The molecule has 2 aliphatic rings. The number of hydrogen-bond acceptors (Lipinski definition) is 4. The van der Waals surface area contributed by atoms with Crippen molar-refractivity contribution in [3.63, 3.8) is 0 Å². The van der Waals surface area contributed by atoms with Gasteiger partial charge in [0.2, 0.25) is 0 Å². The van der Waals surface area contributed by atoms with Gasteiger partial charge in [0.1, 0.15) is 5.69 Å². The van der Waals surface area contributed by atoms with Gasteiger partial charge in [0, 0.05) is 19.2 Å². The minimum atomic E-state index is -4.50. The smallest absolute Gasteiger partial charge is 0.393 e. The Morgan fingerprint density at radius 1 is 1.19 bits per heavy atom. The van der Waals surface area contributed by atoms with E-state index in [1.807, 2.05) is 0 Å². The first kappa shape index (κ1) is 21.4. The highest BCUT2D eigenvalue weighted by Gasteiger charge is 2.56. The molecule has 0 bridgehead atoms. The summed E-state index contributed by atoms with van der Waals surface area (Å²) in [6.07, 6.45) is -3.56. The van der Waals surface area contributed by atoms with Crippen molar-refractivity contribution >= 4 is 11.8 Å². The lowest BCUT2D eigenvalue weighted by atomic mass is 10.0. The second kappa shape index (κ2) is 7.67. The van der Waals surface area contributed by atoms with E-state index in [2.05, 4.69) is 15.7 Å². The Kier molecular flexibility index (Phi) is 5.28. The number of rotatable bonds is 5. The summed E-state index contributed by atoms with van der Waals surface area (Å²) in [6, 6.07) is 5.38. The van der Waals surface area contributed by atoms with Crippen LogP contribution in [-0.2, 0) is 6.18 Å². The Labute approximate surface area is 176 Å². The number of alkyl halides is 3. The molecule has 4 rings (SSSR count). The first-order valence-corrected chi connectivity index (χ1v) is 10.1. The van der Waals surface area contributed by atoms with E-state index < -0.39 is 29.6 Å². The Balaban J connectivity index is 1.63. The van der Waals surface area contributed by atoms with Gasteiger partial charge in [0.25, 0.3) is 11.8 Å². The van der Waals surface area contributed by atoms with Crippen molar-refractivity contribution in [2.24, 2.45) is 11.8 Å². The van der Waals surface area contributed by atoms with Crippen molar-refractivity contribution in [2.75, 3.05) is 7.05 Å². The molecule has 31 heavy (non-hydrogen) atoms. The second-order valence-electron chi connectivity index (χ2n) is 8.19. The minimum Gasteiger partial charge on any atom is -0.393 e. The van der Waals surface area contributed by atoms with Gasteiger partial charge in [-0.3, -0.25) is 14.3 Å². The summed E-state index contributed by atoms with van der Waals surface area (Å²) < 4.78 is 40.7. The minimum absolute atomic E-state index is 0.00195. The fraction of sp³-hybridized carbons (Fsp3) is 0.476. The molecule has 7 nitrogen and oxygen atoms in total. The molecule has 3 N–H and O–H groups in total. The first-order chi connectivity index (χ1) is 14.6. The summed E-state index contributed by atoms with van der Waals surface area (Å²) in [7, 11) is 1.42. The third-order valence-corrected chi connectivity index (χ3v) is 6.21. The number of amides is 2. The molecule has 0 aliphatic heterocycles. The number of aliphatic hydroxyl groups is 1. The molecule has 2 aliphatic carbocycles. The van der Waals surface area contributed by atoms with E-state index in [9.17, 15) is 27.9 Å². The van der Waals surface area contributed by atoms with Crippen LogP contribution >= 0.6 is 0 Å². The van der Waals surface area contributed by atoms with Gasteiger partial charge in [-0.15, -0.1) is 0 Å². The predicted molar refractivity (Wildman–Crippen MR) is 104 cm³/mol. The largest absolute Gasteiger partial charge is 0.416 e. The molecule has 3 atom stereocenters. The molecule has 2 saturated carbocycles. The molecule has 2 amide bonds.